The van der Waals surface area contributed by atoms with Gasteiger partial charge in [0.2, 0.25) is 0 Å². The minimum atomic E-state index is -0.798. The van der Waals surface area contributed by atoms with Gasteiger partial charge in [-0.3, -0.25) is 4.79 Å². The molecule has 0 atom stereocenters. The fourth-order valence-electron chi connectivity index (χ4n) is 2.04. The molecular formula is C15H19N3O3. The van der Waals surface area contributed by atoms with Crippen LogP contribution in [0.25, 0.3) is 0 Å². The van der Waals surface area contributed by atoms with Crippen molar-refractivity contribution in [2.45, 2.75) is 19.4 Å². The Kier molecular flexibility index (Phi) is 4.81. The largest absolute Gasteiger partial charge is 0.495 e. The molecule has 0 aliphatic carbocycles. The lowest BCUT2D eigenvalue weighted by molar-refractivity contribution is -0.136. The number of hydrogen-bond donors (Lipinski definition) is 2. The molecule has 0 spiro atoms. The third kappa shape index (κ3) is 3.98. The van der Waals surface area contributed by atoms with E-state index in [0.29, 0.717) is 13.0 Å². The van der Waals surface area contributed by atoms with Crippen molar-refractivity contribution in [1.29, 1.82) is 0 Å². The van der Waals surface area contributed by atoms with Gasteiger partial charge >= 0.3 is 5.97 Å². The number of hydrogen-bond acceptors (Lipinski definition) is 4. The quantitative estimate of drug-likeness (QED) is 0.816. The van der Waals surface area contributed by atoms with Crippen LogP contribution < -0.4 is 10.1 Å². The fraction of sp³-hybridized carbons (Fsp3) is 0.333. The van der Waals surface area contributed by atoms with Crippen LogP contribution >= 0.6 is 0 Å². The highest BCUT2D eigenvalue weighted by Gasteiger charge is 2.07. The lowest BCUT2D eigenvalue weighted by atomic mass is 10.1. The molecule has 6 heteroatoms. The maximum Gasteiger partial charge on any atom is 0.303 e. The summed E-state index contributed by atoms with van der Waals surface area (Å²) in [5.74, 6) is 0.838. The van der Waals surface area contributed by atoms with Gasteiger partial charge in [-0.2, -0.15) is 0 Å². The van der Waals surface area contributed by atoms with Gasteiger partial charge in [0.15, 0.2) is 0 Å². The third-order valence-electron chi connectivity index (χ3n) is 3.25. The summed E-state index contributed by atoms with van der Waals surface area (Å²) in [7, 11) is 3.54. The van der Waals surface area contributed by atoms with Crippen LogP contribution in [0.5, 0.6) is 5.75 Å². The smallest absolute Gasteiger partial charge is 0.303 e. The minimum absolute atomic E-state index is 0.116. The van der Waals surface area contributed by atoms with Crippen LogP contribution in [0.3, 0.4) is 0 Å². The second-order valence-corrected chi connectivity index (χ2v) is 4.74. The number of ether oxygens (including phenoxy) is 1. The van der Waals surface area contributed by atoms with E-state index in [1.54, 1.807) is 13.3 Å². The van der Waals surface area contributed by atoms with Crippen molar-refractivity contribution >= 4 is 11.7 Å². The van der Waals surface area contributed by atoms with Crippen LogP contribution in [0, 0.1) is 0 Å². The number of nitrogens with zero attached hydrogens (tertiary/aromatic N) is 2. The predicted molar refractivity (Wildman–Crippen MR) is 79.5 cm³/mol. The molecule has 0 unspecified atom stereocenters. The predicted octanol–water partition coefficient (Wildman–Crippen LogP) is 2.06. The van der Waals surface area contributed by atoms with Crippen molar-refractivity contribution in [3.63, 3.8) is 0 Å². The van der Waals surface area contributed by atoms with Crippen molar-refractivity contribution < 1.29 is 14.6 Å². The highest BCUT2D eigenvalue weighted by atomic mass is 16.5. The van der Waals surface area contributed by atoms with E-state index in [4.69, 9.17) is 9.84 Å². The Bertz CT molecular complexity index is 622. The number of carbonyl (C=O) groups is 1. The fourth-order valence-corrected chi connectivity index (χ4v) is 2.04. The van der Waals surface area contributed by atoms with Gasteiger partial charge in [-0.15, -0.1) is 0 Å². The van der Waals surface area contributed by atoms with Crippen LogP contribution in [0.1, 0.15) is 17.8 Å². The molecule has 0 aliphatic rings. The molecule has 0 saturated carbocycles. The summed E-state index contributed by atoms with van der Waals surface area (Å²) >= 11 is 0. The van der Waals surface area contributed by atoms with Crippen molar-refractivity contribution in [3.05, 3.63) is 42.0 Å². The number of imidazole rings is 1. The molecule has 1 heterocycles. The van der Waals surface area contributed by atoms with Crippen LogP contribution in [-0.2, 0) is 24.8 Å². The molecule has 0 amide bonds. The van der Waals surface area contributed by atoms with Gasteiger partial charge in [0.05, 0.1) is 19.3 Å². The Hall–Kier alpha value is -2.50. The average Bonchev–Trinajstić information content (AvgIpc) is 2.88. The molecule has 0 bridgehead atoms. The molecule has 6 nitrogen and oxygen atoms in total. The number of aromatic nitrogens is 2. The second-order valence-electron chi connectivity index (χ2n) is 4.74. The Morgan fingerprint density at radius 1 is 1.48 bits per heavy atom. The number of carboxylic acid groups (broad SMARTS) is 1. The number of aryl methyl sites for hydroxylation is 2. The topological polar surface area (TPSA) is 76.4 Å². The number of benzene rings is 1. The van der Waals surface area contributed by atoms with E-state index >= 15 is 0 Å². The van der Waals surface area contributed by atoms with Crippen LogP contribution in [0.15, 0.2) is 30.6 Å². The normalized spacial score (nSPS) is 10.4. The van der Waals surface area contributed by atoms with Gasteiger partial charge < -0.3 is 19.7 Å². The molecule has 0 aliphatic heterocycles. The molecule has 2 aromatic rings. The number of methoxy groups -OCH3 is 1. The maximum atomic E-state index is 10.6. The second kappa shape index (κ2) is 6.78. The van der Waals surface area contributed by atoms with E-state index in [1.165, 1.54) is 0 Å². The van der Waals surface area contributed by atoms with Crippen molar-refractivity contribution in [2.75, 3.05) is 12.4 Å². The minimum Gasteiger partial charge on any atom is -0.495 e. The molecule has 112 valence electrons. The Balaban J connectivity index is 2.10. The van der Waals surface area contributed by atoms with Gasteiger partial charge in [-0.25, -0.2) is 4.98 Å². The van der Waals surface area contributed by atoms with Crippen molar-refractivity contribution in [2.24, 2.45) is 7.05 Å². The highest BCUT2D eigenvalue weighted by Crippen LogP contribution is 2.26. The number of carboxylic acids is 1. The highest BCUT2D eigenvalue weighted by molar-refractivity contribution is 5.67. The summed E-state index contributed by atoms with van der Waals surface area (Å²) < 4.78 is 7.26. The maximum absolute atomic E-state index is 10.6. The number of aliphatic carboxylic acids is 1. The van der Waals surface area contributed by atoms with Gasteiger partial charge in [0.1, 0.15) is 11.6 Å². The lowest BCUT2D eigenvalue weighted by Crippen LogP contribution is -2.07. The summed E-state index contributed by atoms with van der Waals surface area (Å²) in [5.41, 5.74) is 1.80. The summed E-state index contributed by atoms with van der Waals surface area (Å²) in [5, 5.41) is 12.0. The monoisotopic (exact) mass is 289 g/mol. The zero-order valence-corrected chi connectivity index (χ0v) is 12.2. The third-order valence-corrected chi connectivity index (χ3v) is 3.25. The zero-order chi connectivity index (χ0) is 15.2. The SMILES string of the molecule is COc1ccc(CCC(=O)O)cc1NCc1nccn1C. The van der Waals surface area contributed by atoms with Crippen LogP contribution in [0.2, 0.25) is 0 Å². The molecule has 2 rings (SSSR count). The first-order valence-electron chi connectivity index (χ1n) is 6.69. The molecule has 21 heavy (non-hydrogen) atoms. The molecule has 0 fully saturated rings. The standard InChI is InChI=1S/C15H19N3O3/c1-18-8-7-16-14(18)10-17-12-9-11(4-6-15(19)20)3-5-13(12)21-2/h3,5,7-9,17H,4,6,10H2,1-2H3,(H,19,20). The summed E-state index contributed by atoms with van der Waals surface area (Å²) in [6.45, 7) is 0.572. The molecule has 1 aromatic carbocycles. The van der Waals surface area contributed by atoms with Gasteiger partial charge in [-0.05, 0) is 24.1 Å². The van der Waals surface area contributed by atoms with E-state index in [0.717, 1.165) is 22.8 Å². The zero-order valence-electron chi connectivity index (χ0n) is 12.2. The van der Waals surface area contributed by atoms with Crippen molar-refractivity contribution in [1.82, 2.24) is 9.55 Å². The first-order valence-corrected chi connectivity index (χ1v) is 6.69. The first-order chi connectivity index (χ1) is 10.1. The summed E-state index contributed by atoms with van der Waals surface area (Å²) in [6, 6.07) is 5.65. The van der Waals surface area contributed by atoms with Gasteiger partial charge in [-0.1, -0.05) is 6.07 Å². The summed E-state index contributed by atoms with van der Waals surface area (Å²) in [4.78, 5) is 14.9. The number of rotatable bonds is 7. The Morgan fingerprint density at radius 2 is 2.29 bits per heavy atom. The van der Waals surface area contributed by atoms with E-state index in [2.05, 4.69) is 10.3 Å². The molecule has 1 aromatic heterocycles. The molecular weight excluding hydrogens is 270 g/mol. The Morgan fingerprint density at radius 3 is 2.90 bits per heavy atom. The molecule has 2 N–H and O–H groups in total. The van der Waals surface area contributed by atoms with E-state index in [9.17, 15) is 4.79 Å². The van der Waals surface area contributed by atoms with Crippen molar-refractivity contribution in [3.8, 4) is 5.75 Å². The molecule has 0 radical (unpaired) electrons. The van der Waals surface area contributed by atoms with Gasteiger partial charge in [0.25, 0.3) is 0 Å². The van der Waals surface area contributed by atoms with E-state index in [1.807, 2.05) is 36.0 Å². The van der Waals surface area contributed by atoms with E-state index < -0.39 is 5.97 Å². The van der Waals surface area contributed by atoms with Gasteiger partial charge in [0, 0.05) is 25.9 Å². The summed E-state index contributed by atoms with van der Waals surface area (Å²) in [6.07, 6.45) is 4.25. The Labute approximate surface area is 123 Å². The average molecular weight is 289 g/mol. The van der Waals surface area contributed by atoms with Crippen LogP contribution in [0.4, 0.5) is 5.69 Å². The molecule has 0 saturated heterocycles. The lowest BCUT2D eigenvalue weighted by Gasteiger charge is -2.12. The van der Waals surface area contributed by atoms with Crippen LogP contribution in [-0.4, -0.2) is 27.7 Å². The first kappa shape index (κ1) is 14.9. The number of anilines is 1. The number of nitrogens with one attached hydrogen (secondary N) is 1. The van der Waals surface area contributed by atoms with E-state index in [-0.39, 0.29) is 6.42 Å².